The first kappa shape index (κ1) is 15.7. The molecule has 0 radical (unpaired) electrons. The maximum Gasteiger partial charge on any atom is 0.303 e. The second kappa shape index (κ2) is 7.32. The first-order valence-electron chi connectivity index (χ1n) is 7.04. The van der Waals surface area contributed by atoms with Crippen LogP contribution in [0.1, 0.15) is 60.3 Å². The summed E-state index contributed by atoms with van der Waals surface area (Å²) in [4.78, 5) is 11.2. The Balaban J connectivity index is 2.75. The summed E-state index contributed by atoms with van der Waals surface area (Å²) in [6.07, 6.45) is 8.40. The van der Waals surface area contributed by atoms with Gasteiger partial charge in [0, 0.05) is 13.3 Å². The lowest BCUT2D eigenvalue weighted by molar-refractivity contribution is -0.144. The van der Waals surface area contributed by atoms with Crippen molar-refractivity contribution >= 4 is 5.97 Å². The average Bonchev–Trinajstić information content (AvgIpc) is 2.27. The van der Waals surface area contributed by atoms with Gasteiger partial charge in [-0.05, 0) is 53.0 Å². The molecular weight excluding hydrogens is 236 g/mol. The molecule has 0 aromatic heterocycles. The van der Waals surface area contributed by atoms with Crippen molar-refractivity contribution in [3.05, 3.63) is 34.4 Å². The second-order valence-corrected chi connectivity index (χ2v) is 5.73. The molecule has 0 heterocycles. The molecule has 0 saturated heterocycles. The highest BCUT2D eigenvalue weighted by molar-refractivity contribution is 5.66. The van der Waals surface area contributed by atoms with Crippen LogP contribution in [0.3, 0.4) is 0 Å². The van der Waals surface area contributed by atoms with E-state index in [1.807, 2.05) is 19.9 Å². The molecule has 0 aliphatic heterocycles. The van der Waals surface area contributed by atoms with Gasteiger partial charge in [0.1, 0.15) is 6.10 Å². The van der Waals surface area contributed by atoms with Crippen molar-refractivity contribution in [2.45, 2.75) is 66.4 Å². The first-order chi connectivity index (χ1) is 8.88. The zero-order valence-electron chi connectivity index (χ0n) is 12.9. The SMILES string of the molecule is CC(=O)O[C@@H](C=C(C)C)C/C(C)=C1/CC=C(C)CC1. The molecule has 2 nitrogen and oxygen atoms in total. The van der Waals surface area contributed by atoms with Crippen LogP contribution < -0.4 is 0 Å². The molecule has 1 aliphatic carbocycles. The third-order valence-corrected chi connectivity index (χ3v) is 3.47. The van der Waals surface area contributed by atoms with E-state index in [0.717, 1.165) is 25.7 Å². The van der Waals surface area contributed by atoms with Gasteiger partial charge >= 0.3 is 5.97 Å². The Morgan fingerprint density at radius 1 is 1.32 bits per heavy atom. The van der Waals surface area contributed by atoms with Crippen molar-refractivity contribution in [2.24, 2.45) is 0 Å². The average molecular weight is 262 g/mol. The third kappa shape index (κ3) is 5.91. The molecule has 0 saturated carbocycles. The Bertz CT molecular complexity index is 421. The standard InChI is InChI=1S/C17H26O2/c1-12(2)10-17(19-15(5)18)11-14(4)16-8-6-13(3)7-9-16/h6,10,17H,7-9,11H2,1-5H3/b16-14-/t17-/m0/s1. The van der Waals surface area contributed by atoms with Gasteiger partial charge in [-0.15, -0.1) is 0 Å². The fraction of sp³-hybridized carbons (Fsp3) is 0.588. The van der Waals surface area contributed by atoms with Crippen molar-refractivity contribution in [1.82, 2.24) is 0 Å². The van der Waals surface area contributed by atoms with Crippen molar-refractivity contribution < 1.29 is 9.53 Å². The molecule has 19 heavy (non-hydrogen) atoms. The Kier molecular flexibility index (Phi) is 6.07. The quantitative estimate of drug-likeness (QED) is 0.541. The largest absolute Gasteiger partial charge is 0.458 e. The van der Waals surface area contributed by atoms with Gasteiger partial charge in [-0.3, -0.25) is 4.79 Å². The fourth-order valence-corrected chi connectivity index (χ4v) is 2.40. The minimum absolute atomic E-state index is 0.123. The van der Waals surface area contributed by atoms with Gasteiger partial charge in [-0.1, -0.05) is 28.4 Å². The minimum Gasteiger partial charge on any atom is -0.458 e. The summed E-state index contributed by atoms with van der Waals surface area (Å²) in [7, 11) is 0. The van der Waals surface area contributed by atoms with Crippen LogP contribution in [0.2, 0.25) is 0 Å². The molecular formula is C17H26O2. The van der Waals surface area contributed by atoms with Gasteiger partial charge in [0.2, 0.25) is 0 Å². The highest BCUT2D eigenvalue weighted by Gasteiger charge is 2.14. The van der Waals surface area contributed by atoms with Crippen molar-refractivity contribution in [1.29, 1.82) is 0 Å². The summed E-state index contributed by atoms with van der Waals surface area (Å²) in [5.41, 5.74) is 5.54. The van der Waals surface area contributed by atoms with Crippen LogP contribution in [0.15, 0.2) is 34.4 Å². The van der Waals surface area contributed by atoms with E-state index < -0.39 is 0 Å². The Hall–Kier alpha value is -1.31. The van der Waals surface area contributed by atoms with Crippen LogP contribution in [0, 0.1) is 0 Å². The lowest BCUT2D eigenvalue weighted by Gasteiger charge is -2.19. The molecule has 1 atom stereocenters. The molecule has 1 rings (SSSR count). The number of carbonyl (C=O) groups is 1. The lowest BCUT2D eigenvalue weighted by Crippen LogP contribution is -2.15. The second-order valence-electron chi connectivity index (χ2n) is 5.73. The van der Waals surface area contributed by atoms with Crippen LogP contribution in [-0.4, -0.2) is 12.1 Å². The minimum atomic E-state index is -0.209. The highest BCUT2D eigenvalue weighted by Crippen LogP contribution is 2.27. The third-order valence-electron chi connectivity index (χ3n) is 3.47. The predicted molar refractivity (Wildman–Crippen MR) is 79.9 cm³/mol. The smallest absolute Gasteiger partial charge is 0.303 e. The highest BCUT2D eigenvalue weighted by atomic mass is 16.5. The molecule has 0 N–H and O–H groups in total. The summed E-state index contributed by atoms with van der Waals surface area (Å²) in [5.74, 6) is -0.209. The van der Waals surface area contributed by atoms with Gasteiger partial charge in [0.15, 0.2) is 0 Å². The fourth-order valence-electron chi connectivity index (χ4n) is 2.40. The number of ether oxygens (including phenoxy) is 1. The summed E-state index contributed by atoms with van der Waals surface area (Å²) in [6, 6.07) is 0. The van der Waals surface area contributed by atoms with Crippen LogP contribution in [-0.2, 0) is 9.53 Å². The number of esters is 1. The van der Waals surface area contributed by atoms with Crippen molar-refractivity contribution in [3.8, 4) is 0 Å². The Morgan fingerprint density at radius 2 is 2.00 bits per heavy atom. The molecule has 0 unspecified atom stereocenters. The summed E-state index contributed by atoms with van der Waals surface area (Å²) >= 11 is 0. The van der Waals surface area contributed by atoms with Crippen molar-refractivity contribution in [3.63, 3.8) is 0 Å². The van der Waals surface area contributed by atoms with Crippen LogP contribution in [0.4, 0.5) is 0 Å². The number of hydrogen-bond donors (Lipinski definition) is 0. The first-order valence-corrected chi connectivity index (χ1v) is 7.04. The maximum absolute atomic E-state index is 11.2. The number of hydrogen-bond acceptors (Lipinski definition) is 2. The molecule has 0 spiro atoms. The van der Waals surface area contributed by atoms with Gasteiger partial charge in [-0.25, -0.2) is 0 Å². The van der Waals surface area contributed by atoms with E-state index in [9.17, 15) is 4.79 Å². The molecule has 0 bridgehead atoms. The molecule has 1 aliphatic rings. The zero-order valence-corrected chi connectivity index (χ0v) is 12.9. The van der Waals surface area contributed by atoms with E-state index in [0.29, 0.717) is 0 Å². The van der Waals surface area contributed by atoms with Crippen LogP contribution >= 0.6 is 0 Å². The number of rotatable bonds is 4. The molecule has 0 amide bonds. The van der Waals surface area contributed by atoms with Crippen LogP contribution in [0.5, 0.6) is 0 Å². The van der Waals surface area contributed by atoms with Gasteiger partial charge < -0.3 is 4.74 Å². The van der Waals surface area contributed by atoms with E-state index in [1.54, 1.807) is 0 Å². The Labute approximate surface area is 117 Å². The van der Waals surface area contributed by atoms with E-state index in [1.165, 1.54) is 29.2 Å². The number of carbonyl (C=O) groups excluding carboxylic acids is 1. The molecule has 0 fully saturated rings. The Morgan fingerprint density at radius 3 is 2.47 bits per heavy atom. The maximum atomic E-state index is 11.2. The summed E-state index contributed by atoms with van der Waals surface area (Å²) in [5, 5.41) is 0. The molecule has 2 heteroatoms. The van der Waals surface area contributed by atoms with Gasteiger partial charge in [0.05, 0.1) is 0 Å². The zero-order chi connectivity index (χ0) is 14.4. The molecule has 0 aromatic rings. The van der Waals surface area contributed by atoms with E-state index in [2.05, 4.69) is 19.9 Å². The van der Waals surface area contributed by atoms with E-state index in [-0.39, 0.29) is 12.1 Å². The predicted octanol–water partition coefficient (Wildman–Crippen LogP) is 4.72. The molecule has 106 valence electrons. The van der Waals surface area contributed by atoms with Crippen molar-refractivity contribution in [2.75, 3.05) is 0 Å². The van der Waals surface area contributed by atoms with Gasteiger partial charge in [-0.2, -0.15) is 0 Å². The van der Waals surface area contributed by atoms with Gasteiger partial charge in [0.25, 0.3) is 0 Å². The molecule has 0 aromatic carbocycles. The lowest BCUT2D eigenvalue weighted by atomic mass is 9.90. The van der Waals surface area contributed by atoms with E-state index in [4.69, 9.17) is 4.74 Å². The summed E-state index contributed by atoms with van der Waals surface area (Å²) < 4.78 is 5.38. The van der Waals surface area contributed by atoms with Crippen LogP contribution in [0.25, 0.3) is 0 Å². The normalized spacial score (nSPS) is 19.3. The monoisotopic (exact) mass is 262 g/mol. The summed E-state index contributed by atoms with van der Waals surface area (Å²) in [6.45, 7) is 9.90. The number of allylic oxidation sites excluding steroid dienone is 4. The topological polar surface area (TPSA) is 26.3 Å². The van der Waals surface area contributed by atoms with E-state index >= 15 is 0 Å².